The molecule has 1 aromatic heterocycles. The van der Waals surface area contributed by atoms with Crippen molar-refractivity contribution in [3.63, 3.8) is 0 Å². The molecule has 0 spiro atoms. The Bertz CT molecular complexity index is 1520. The van der Waals surface area contributed by atoms with E-state index >= 15 is 0 Å². The second-order valence-corrected chi connectivity index (χ2v) is 10.6. The first-order valence-electron chi connectivity index (χ1n) is 12.0. The molecular weight excluding hydrogens is 550 g/mol. The van der Waals surface area contributed by atoms with E-state index in [9.17, 15) is 28.8 Å². The number of aliphatic hydroxyl groups is 1. The lowest BCUT2D eigenvalue weighted by atomic mass is 10.2. The lowest BCUT2D eigenvalue weighted by Gasteiger charge is -2.23. The van der Waals surface area contributed by atoms with Crippen LogP contribution in [-0.2, 0) is 26.3 Å². The zero-order chi connectivity index (χ0) is 30.7. The number of carbonyl (C=O) groups excluding carboxylic acids is 1. The monoisotopic (exact) mass is 581 g/mol. The van der Waals surface area contributed by atoms with Crippen molar-refractivity contribution in [1.29, 1.82) is 10.5 Å². The Kier molecular flexibility index (Phi) is 11.5. The van der Waals surface area contributed by atoms with Crippen LogP contribution in [0, 0.1) is 22.7 Å². The lowest BCUT2D eigenvalue weighted by Crippen LogP contribution is -2.29. The zero-order valence-electron chi connectivity index (χ0n) is 23.0. The van der Waals surface area contributed by atoms with Gasteiger partial charge >= 0.3 is 16.2 Å². The fourth-order valence-corrected chi connectivity index (χ4v) is 3.88. The van der Waals surface area contributed by atoms with Crippen molar-refractivity contribution >= 4 is 39.2 Å². The molecule has 1 unspecified atom stereocenters. The summed E-state index contributed by atoms with van der Waals surface area (Å²) in [6.45, 7) is 12.6. The third-order valence-corrected chi connectivity index (χ3v) is 6.76. The summed E-state index contributed by atoms with van der Waals surface area (Å²) in [5, 5.41) is 37.7. The van der Waals surface area contributed by atoms with Gasteiger partial charge in [0.05, 0.1) is 12.2 Å². The molecule has 0 aliphatic heterocycles. The lowest BCUT2D eigenvalue weighted by molar-refractivity contribution is -0.142. The maximum atomic E-state index is 12.7. The number of hydrogen-bond donors (Lipinski definition) is 2. The number of esters is 1. The molecule has 0 saturated heterocycles. The minimum absolute atomic E-state index is 0.0870. The standard InChI is InChI=1S/C26H31N9O5S/c1-7-11-34(12-8-2)19-9-10-21(22(13-19)32-41(38,39)33(5)6)30-31-26-29-23(14-27)24(15-28)35(26)16-20(36)17-40-25(37)18(3)4/h7-10,13,20,32,36H,1-3,11-12,16-17H2,4-6H3/b31-30+. The first kappa shape index (κ1) is 32.4. The number of nitrogens with zero attached hydrogens (tertiary/aromatic N) is 8. The SMILES string of the molecule is C=CCN(CC=C)c1ccc(/N=N/c2nc(C#N)c(C#N)n2CC(O)COC(=O)C(=C)C)c(NS(=O)(=O)N(C)C)c1. The van der Waals surface area contributed by atoms with Gasteiger partial charge in [-0.1, -0.05) is 18.7 Å². The predicted molar refractivity (Wildman–Crippen MR) is 153 cm³/mol. The highest BCUT2D eigenvalue weighted by molar-refractivity contribution is 7.90. The molecule has 0 amide bonds. The van der Waals surface area contributed by atoms with E-state index < -0.39 is 28.9 Å². The summed E-state index contributed by atoms with van der Waals surface area (Å²) in [7, 11) is -1.22. The largest absolute Gasteiger partial charge is 0.460 e. The smallest absolute Gasteiger partial charge is 0.333 e. The van der Waals surface area contributed by atoms with Crippen molar-refractivity contribution in [3.05, 3.63) is 67.0 Å². The number of hydrogen-bond acceptors (Lipinski definition) is 11. The Morgan fingerprint density at radius 2 is 1.90 bits per heavy atom. The van der Waals surface area contributed by atoms with Gasteiger partial charge in [-0.3, -0.25) is 9.29 Å². The van der Waals surface area contributed by atoms with Crippen molar-refractivity contribution in [1.82, 2.24) is 13.9 Å². The molecule has 14 nitrogen and oxygen atoms in total. The minimum Gasteiger partial charge on any atom is -0.460 e. The maximum Gasteiger partial charge on any atom is 0.333 e. The van der Waals surface area contributed by atoms with Gasteiger partial charge in [0.15, 0.2) is 11.4 Å². The Balaban J connectivity index is 2.55. The number of nitrogens with one attached hydrogen (secondary N) is 1. The molecule has 0 bridgehead atoms. The van der Waals surface area contributed by atoms with Crippen molar-refractivity contribution < 1.29 is 23.1 Å². The minimum atomic E-state index is -3.94. The van der Waals surface area contributed by atoms with E-state index in [1.165, 1.54) is 27.1 Å². The number of aromatic nitrogens is 2. The quantitative estimate of drug-likeness (QED) is 0.138. The van der Waals surface area contributed by atoms with E-state index in [1.54, 1.807) is 30.4 Å². The molecular formula is C26H31N9O5S. The van der Waals surface area contributed by atoms with Crippen LogP contribution in [-0.4, -0.2) is 73.2 Å². The average Bonchev–Trinajstić information content (AvgIpc) is 3.26. The fourth-order valence-electron chi connectivity index (χ4n) is 3.26. The summed E-state index contributed by atoms with van der Waals surface area (Å²) in [6, 6.07) is 8.43. The van der Waals surface area contributed by atoms with Gasteiger partial charge in [0.25, 0.3) is 5.95 Å². The van der Waals surface area contributed by atoms with Crippen LogP contribution in [0.1, 0.15) is 18.3 Å². The van der Waals surface area contributed by atoms with Gasteiger partial charge in [0.1, 0.15) is 30.5 Å². The van der Waals surface area contributed by atoms with Gasteiger partial charge in [0.2, 0.25) is 0 Å². The Morgan fingerprint density at radius 1 is 1.24 bits per heavy atom. The van der Waals surface area contributed by atoms with Gasteiger partial charge in [0, 0.05) is 38.4 Å². The molecule has 0 aliphatic rings. The van der Waals surface area contributed by atoms with Crippen LogP contribution in [0.3, 0.4) is 0 Å². The fraction of sp³-hybridized carbons (Fsp3) is 0.308. The Morgan fingerprint density at radius 3 is 2.44 bits per heavy atom. The van der Waals surface area contributed by atoms with E-state index in [4.69, 9.17) is 4.74 Å². The molecule has 0 saturated carbocycles. The van der Waals surface area contributed by atoms with Gasteiger partial charge in [-0.2, -0.15) is 28.2 Å². The Labute approximate surface area is 239 Å². The molecule has 2 rings (SSSR count). The summed E-state index contributed by atoms with van der Waals surface area (Å²) in [6.07, 6.45) is 2.09. The molecule has 1 heterocycles. The molecule has 0 aliphatic carbocycles. The number of aliphatic hydroxyl groups excluding tert-OH is 1. The van der Waals surface area contributed by atoms with Crippen molar-refractivity contribution in [3.8, 4) is 12.1 Å². The number of benzene rings is 1. The summed E-state index contributed by atoms with van der Waals surface area (Å²) < 4.78 is 34.8. The summed E-state index contributed by atoms with van der Waals surface area (Å²) in [5.74, 6) is -0.919. The third-order valence-electron chi connectivity index (χ3n) is 5.32. The average molecular weight is 582 g/mol. The van der Waals surface area contributed by atoms with Crippen LogP contribution in [0.5, 0.6) is 0 Å². The topological polar surface area (TPSA) is 189 Å². The number of azo groups is 1. The van der Waals surface area contributed by atoms with Gasteiger partial charge < -0.3 is 14.7 Å². The van der Waals surface area contributed by atoms with E-state index in [-0.39, 0.29) is 40.8 Å². The van der Waals surface area contributed by atoms with E-state index in [0.717, 1.165) is 8.87 Å². The van der Waals surface area contributed by atoms with Gasteiger partial charge in [-0.05, 0) is 25.1 Å². The number of rotatable bonds is 15. The van der Waals surface area contributed by atoms with Crippen LogP contribution >= 0.6 is 0 Å². The highest BCUT2D eigenvalue weighted by atomic mass is 32.2. The van der Waals surface area contributed by atoms with Crippen LogP contribution in [0.25, 0.3) is 0 Å². The maximum absolute atomic E-state index is 12.7. The highest BCUT2D eigenvalue weighted by Gasteiger charge is 2.21. The van der Waals surface area contributed by atoms with Crippen molar-refractivity contribution in [2.45, 2.75) is 19.6 Å². The van der Waals surface area contributed by atoms with E-state index in [1.807, 2.05) is 11.0 Å². The molecule has 216 valence electrons. The van der Waals surface area contributed by atoms with E-state index in [0.29, 0.717) is 18.8 Å². The van der Waals surface area contributed by atoms with Crippen LogP contribution < -0.4 is 9.62 Å². The molecule has 0 fully saturated rings. The molecule has 1 aromatic carbocycles. The molecule has 2 N–H and O–H groups in total. The second kappa shape index (κ2) is 14.5. The molecule has 41 heavy (non-hydrogen) atoms. The number of nitriles is 2. The Hall–Kier alpha value is -4.83. The summed E-state index contributed by atoms with van der Waals surface area (Å²) in [4.78, 5) is 17.6. The summed E-state index contributed by atoms with van der Waals surface area (Å²) in [5.41, 5.74) is 0.513. The van der Waals surface area contributed by atoms with Crippen molar-refractivity contribution in [2.75, 3.05) is 43.4 Å². The van der Waals surface area contributed by atoms with Gasteiger partial charge in [-0.15, -0.1) is 23.4 Å². The number of carbonyl (C=O) groups is 1. The van der Waals surface area contributed by atoms with Crippen molar-refractivity contribution in [2.24, 2.45) is 10.2 Å². The summed E-state index contributed by atoms with van der Waals surface area (Å²) >= 11 is 0. The number of anilines is 2. The number of ether oxygens (including phenoxy) is 1. The van der Waals surface area contributed by atoms with E-state index in [2.05, 4.69) is 39.7 Å². The highest BCUT2D eigenvalue weighted by Crippen LogP contribution is 2.33. The molecule has 2 aromatic rings. The first-order chi connectivity index (χ1) is 19.4. The van der Waals surface area contributed by atoms with Crippen LogP contribution in [0.4, 0.5) is 23.0 Å². The van der Waals surface area contributed by atoms with Crippen LogP contribution in [0.15, 0.2) is 65.9 Å². The second-order valence-electron chi connectivity index (χ2n) is 8.75. The third kappa shape index (κ3) is 8.58. The number of imidazole rings is 1. The normalized spacial score (nSPS) is 11.9. The molecule has 15 heteroatoms. The first-order valence-corrected chi connectivity index (χ1v) is 13.5. The molecule has 1 atom stereocenters. The van der Waals surface area contributed by atoms with Crippen LogP contribution in [0.2, 0.25) is 0 Å². The predicted octanol–water partition coefficient (Wildman–Crippen LogP) is 2.92. The van der Waals surface area contributed by atoms with Gasteiger partial charge in [-0.25, -0.2) is 4.79 Å². The molecule has 0 radical (unpaired) electrons. The zero-order valence-corrected chi connectivity index (χ0v) is 23.8.